The van der Waals surface area contributed by atoms with Crippen LogP contribution in [-0.2, 0) is 9.53 Å². The van der Waals surface area contributed by atoms with E-state index in [4.69, 9.17) is 4.74 Å². The highest BCUT2D eigenvalue weighted by Gasteiger charge is 2.25. The highest BCUT2D eigenvalue weighted by molar-refractivity contribution is 5.85. The molecule has 1 atom stereocenters. The van der Waals surface area contributed by atoms with Crippen LogP contribution < -0.4 is 5.32 Å². The van der Waals surface area contributed by atoms with Crippen LogP contribution in [0.25, 0.3) is 0 Å². The van der Waals surface area contributed by atoms with E-state index in [1.807, 2.05) is 7.05 Å². The largest absolute Gasteiger partial charge is 0.381 e. The Morgan fingerprint density at radius 1 is 1.30 bits per heavy atom. The molecule has 6 nitrogen and oxygen atoms in total. The molecule has 2 aliphatic rings. The number of aliphatic imine (C=N–C) groups is 1. The lowest BCUT2D eigenvalue weighted by atomic mass is 10.1. The van der Waals surface area contributed by atoms with E-state index in [2.05, 4.69) is 15.2 Å². The normalized spacial score (nSPS) is 22.8. The fraction of sp³-hybridized carbons (Fsp3) is 0.857. The number of ether oxygens (including phenoxy) is 1. The van der Waals surface area contributed by atoms with Crippen LogP contribution in [0.15, 0.2) is 4.99 Å². The first-order chi connectivity index (χ1) is 9.56. The summed E-state index contributed by atoms with van der Waals surface area (Å²) in [5.41, 5.74) is 0. The van der Waals surface area contributed by atoms with E-state index >= 15 is 0 Å². The standard InChI is InChI=1S/C14H26N4O2/c1-17(2)13(19)8-15-14(16-12-4-5-12)18(3)9-11-6-7-20-10-11/h11-12H,4-10H2,1-3H3,(H,15,16). The summed E-state index contributed by atoms with van der Waals surface area (Å²) in [5, 5.41) is 3.42. The molecule has 2 rings (SSSR count). The van der Waals surface area contributed by atoms with E-state index < -0.39 is 0 Å². The molecule has 0 aromatic carbocycles. The summed E-state index contributed by atoms with van der Waals surface area (Å²) in [6, 6.07) is 0.533. The fourth-order valence-electron chi connectivity index (χ4n) is 2.17. The van der Waals surface area contributed by atoms with E-state index in [-0.39, 0.29) is 12.5 Å². The molecular formula is C14H26N4O2. The molecule has 1 unspecified atom stereocenters. The van der Waals surface area contributed by atoms with Crippen LogP contribution in [-0.4, -0.2) is 75.2 Å². The van der Waals surface area contributed by atoms with Gasteiger partial charge in [-0.05, 0) is 19.3 Å². The molecule has 1 aliphatic carbocycles. The molecule has 1 saturated heterocycles. The van der Waals surface area contributed by atoms with Crippen LogP contribution in [0.4, 0.5) is 0 Å². The second kappa shape index (κ2) is 6.92. The molecular weight excluding hydrogens is 256 g/mol. The average Bonchev–Trinajstić information content (AvgIpc) is 3.09. The number of nitrogens with one attached hydrogen (secondary N) is 1. The Kier molecular flexibility index (Phi) is 5.23. The van der Waals surface area contributed by atoms with Crippen molar-refractivity contribution in [2.24, 2.45) is 10.9 Å². The van der Waals surface area contributed by atoms with Crippen molar-refractivity contribution in [1.82, 2.24) is 15.1 Å². The Labute approximate surface area is 121 Å². The average molecular weight is 282 g/mol. The maximum Gasteiger partial charge on any atom is 0.243 e. The maximum absolute atomic E-state index is 11.7. The molecule has 1 N–H and O–H groups in total. The predicted octanol–water partition coefficient (Wildman–Crippen LogP) is 0.151. The maximum atomic E-state index is 11.7. The van der Waals surface area contributed by atoms with Crippen molar-refractivity contribution < 1.29 is 9.53 Å². The van der Waals surface area contributed by atoms with Crippen LogP contribution in [0.2, 0.25) is 0 Å². The van der Waals surface area contributed by atoms with Crippen molar-refractivity contribution in [2.75, 3.05) is 47.4 Å². The number of guanidine groups is 1. The Balaban J connectivity index is 1.90. The molecule has 0 radical (unpaired) electrons. The Bertz CT molecular complexity index is 360. The number of nitrogens with zero attached hydrogens (tertiary/aromatic N) is 3. The van der Waals surface area contributed by atoms with Gasteiger partial charge in [-0.1, -0.05) is 0 Å². The van der Waals surface area contributed by atoms with Gasteiger partial charge in [0.25, 0.3) is 0 Å². The zero-order valence-electron chi connectivity index (χ0n) is 12.8. The molecule has 20 heavy (non-hydrogen) atoms. The summed E-state index contributed by atoms with van der Waals surface area (Å²) in [7, 11) is 5.55. The summed E-state index contributed by atoms with van der Waals surface area (Å²) in [5.74, 6) is 1.43. The van der Waals surface area contributed by atoms with Crippen molar-refractivity contribution in [3.63, 3.8) is 0 Å². The van der Waals surface area contributed by atoms with E-state index in [0.717, 1.165) is 32.1 Å². The number of carbonyl (C=O) groups is 1. The van der Waals surface area contributed by atoms with E-state index in [0.29, 0.717) is 12.0 Å². The van der Waals surface area contributed by atoms with Crippen molar-refractivity contribution in [1.29, 1.82) is 0 Å². The number of likely N-dealkylation sites (N-methyl/N-ethyl adjacent to an activating group) is 1. The minimum atomic E-state index is 0.0256. The quantitative estimate of drug-likeness (QED) is 0.576. The molecule has 1 amide bonds. The van der Waals surface area contributed by atoms with Gasteiger partial charge in [0.05, 0.1) is 6.61 Å². The van der Waals surface area contributed by atoms with Gasteiger partial charge in [0, 0.05) is 46.3 Å². The number of amides is 1. The van der Waals surface area contributed by atoms with Gasteiger partial charge in [0.1, 0.15) is 6.54 Å². The molecule has 2 fully saturated rings. The highest BCUT2D eigenvalue weighted by Crippen LogP contribution is 2.19. The van der Waals surface area contributed by atoms with E-state index in [9.17, 15) is 4.79 Å². The van der Waals surface area contributed by atoms with Gasteiger partial charge in [-0.25, -0.2) is 4.99 Å². The lowest BCUT2D eigenvalue weighted by molar-refractivity contribution is -0.127. The second-order valence-electron chi connectivity index (χ2n) is 5.96. The lowest BCUT2D eigenvalue weighted by Gasteiger charge is -2.25. The van der Waals surface area contributed by atoms with Gasteiger partial charge < -0.3 is 19.9 Å². The number of rotatable bonds is 5. The summed E-state index contributed by atoms with van der Waals surface area (Å²) in [6.45, 7) is 2.82. The fourth-order valence-corrected chi connectivity index (χ4v) is 2.17. The topological polar surface area (TPSA) is 57.2 Å². The molecule has 0 bridgehead atoms. The molecule has 1 saturated carbocycles. The summed E-state index contributed by atoms with van der Waals surface area (Å²) < 4.78 is 5.41. The van der Waals surface area contributed by atoms with Gasteiger partial charge in [-0.15, -0.1) is 0 Å². The van der Waals surface area contributed by atoms with Crippen LogP contribution in [0.1, 0.15) is 19.3 Å². The molecule has 0 spiro atoms. The molecule has 1 aliphatic heterocycles. The smallest absolute Gasteiger partial charge is 0.243 e. The Morgan fingerprint density at radius 3 is 2.60 bits per heavy atom. The summed E-state index contributed by atoms with van der Waals surface area (Å²) >= 11 is 0. The highest BCUT2D eigenvalue weighted by atomic mass is 16.5. The Hall–Kier alpha value is -1.30. The van der Waals surface area contributed by atoms with Crippen LogP contribution in [0, 0.1) is 5.92 Å². The summed E-state index contributed by atoms with van der Waals surface area (Å²) in [4.78, 5) is 19.8. The molecule has 6 heteroatoms. The van der Waals surface area contributed by atoms with Crippen LogP contribution in [0.5, 0.6) is 0 Å². The first-order valence-corrected chi connectivity index (χ1v) is 7.36. The van der Waals surface area contributed by atoms with Gasteiger partial charge >= 0.3 is 0 Å². The second-order valence-corrected chi connectivity index (χ2v) is 5.96. The van der Waals surface area contributed by atoms with E-state index in [1.165, 1.54) is 12.8 Å². The van der Waals surface area contributed by atoms with Gasteiger partial charge in [-0.2, -0.15) is 0 Å². The third-order valence-electron chi connectivity index (χ3n) is 3.69. The summed E-state index contributed by atoms with van der Waals surface area (Å²) in [6.07, 6.45) is 3.50. The first kappa shape index (κ1) is 15.1. The monoisotopic (exact) mass is 282 g/mol. The van der Waals surface area contributed by atoms with Gasteiger partial charge in [0.2, 0.25) is 5.91 Å². The zero-order valence-corrected chi connectivity index (χ0v) is 12.8. The van der Waals surface area contributed by atoms with E-state index in [1.54, 1.807) is 19.0 Å². The van der Waals surface area contributed by atoms with Crippen LogP contribution in [0.3, 0.4) is 0 Å². The number of hydrogen-bond donors (Lipinski definition) is 1. The number of hydrogen-bond acceptors (Lipinski definition) is 3. The lowest BCUT2D eigenvalue weighted by Crippen LogP contribution is -2.43. The zero-order chi connectivity index (χ0) is 14.5. The minimum Gasteiger partial charge on any atom is -0.381 e. The van der Waals surface area contributed by atoms with Crippen LogP contribution >= 0.6 is 0 Å². The first-order valence-electron chi connectivity index (χ1n) is 7.36. The predicted molar refractivity (Wildman–Crippen MR) is 78.7 cm³/mol. The van der Waals surface area contributed by atoms with Crippen molar-refractivity contribution in [2.45, 2.75) is 25.3 Å². The van der Waals surface area contributed by atoms with Crippen molar-refractivity contribution in [3.8, 4) is 0 Å². The Morgan fingerprint density at radius 2 is 2.05 bits per heavy atom. The molecule has 0 aromatic heterocycles. The van der Waals surface area contributed by atoms with Gasteiger partial charge in [0.15, 0.2) is 5.96 Å². The third-order valence-corrected chi connectivity index (χ3v) is 3.69. The third kappa shape index (κ3) is 4.67. The van der Waals surface area contributed by atoms with Crippen molar-refractivity contribution in [3.05, 3.63) is 0 Å². The minimum absolute atomic E-state index is 0.0256. The molecule has 0 aromatic rings. The van der Waals surface area contributed by atoms with Gasteiger partial charge in [-0.3, -0.25) is 4.79 Å². The SMILES string of the molecule is CN(C)C(=O)CN=C(NC1CC1)N(C)CC1CCOC1. The molecule has 1 heterocycles. The molecule has 114 valence electrons. The number of carbonyl (C=O) groups excluding carboxylic acids is 1. The van der Waals surface area contributed by atoms with Crippen molar-refractivity contribution >= 4 is 11.9 Å².